The molecule has 0 spiro atoms. The molecule has 1 aromatic rings. The van der Waals surface area contributed by atoms with Crippen LogP contribution in [-0.2, 0) is 6.54 Å². The van der Waals surface area contributed by atoms with Crippen molar-refractivity contribution >= 4 is 5.69 Å². The van der Waals surface area contributed by atoms with Gasteiger partial charge in [-0.3, -0.25) is 0 Å². The average molecular weight is 262 g/mol. The summed E-state index contributed by atoms with van der Waals surface area (Å²) < 4.78 is 5.83. The zero-order valence-electron chi connectivity index (χ0n) is 12.4. The van der Waals surface area contributed by atoms with E-state index in [0.717, 1.165) is 32.0 Å². The highest BCUT2D eigenvalue weighted by atomic mass is 16.5. The molecule has 3 heteroatoms. The largest absolute Gasteiger partial charge is 0.492 e. The van der Waals surface area contributed by atoms with Crippen molar-refractivity contribution in [3.05, 3.63) is 23.8 Å². The van der Waals surface area contributed by atoms with Crippen molar-refractivity contribution in [1.29, 1.82) is 0 Å². The summed E-state index contributed by atoms with van der Waals surface area (Å²) in [5, 5.41) is 3.45. The molecule has 3 nitrogen and oxygen atoms in total. The van der Waals surface area contributed by atoms with Crippen LogP contribution in [0.3, 0.4) is 0 Å². The number of nitrogens with zero attached hydrogens (tertiary/aromatic N) is 1. The molecule has 1 saturated heterocycles. The molecule has 1 fully saturated rings. The highest BCUT2D eigenvalue weighted by molar-refractivity contribution is 5.60. The third-order valence-electron chi connectivity index (χ3n) is 3.49. The monoisotopic (exact) mass is 262 g/mol. The van der Waals surface area contributed by atoms with Crippen molar-refractivity contribution in [3.8, 4) is 5.75 Å². The molecule has 0 amide bonds. The Morgan fingerprint density at radius 1 is 1.26 bits per heavy atom. The Morgan fingerprint density at radius 2 is 2.00 bits per heavy atom. The second-order valence-corrected chi connectivity index (χ2v) is 5.46. The van der Waals surface area contributed by atoms with Gasteiger partial charge in [-0.1, -0.05) is 19.9 Å². The van der Waals surface area contributed by atoms with E-state index < -0.39 is 0 Å². The Kier molecular flexibility index (Phi) is 5.08. The molecule has 0 saturated carbocycles. The van der Waals surface area contributed by atoms with Crippen molar-refractivity contribution in [1.82, 2.24) is 5.32 Å². The van der Waals surface area contributed by atoms with Crippen LogP contribution in [-0.4, -0.2) is 25.7 Å². The van der Waals surface area contributed by atoms with E-state index in [1.54, 1.807) is 0 Å². The second-order valence-electron chi connectivity index (χ2n) is 5.46. The first-order valence-corrected chi connectivity index (χ1v) is 7.44. The fourth-order valence-corrected chi connectivity index (χ4v) is 2.48. The van der Waals surface area contributed by atoms with Crippen LogP contribution in [0.1, 0.15) is 39.2 Å². The quantitative estimate of drug-likeness (QED) is 0.852. The lowest BCUT2D eigenvalue weighted by Crippen LogP contribution is -2.22. The maximum absolute atomic E-state index is 5.83. The summed E-state index contributed by atoms with van der Waals surface area (Å²) in [4.78, 5) is 2.44. The molecular weight excluding hydrogens is 236 g/mol. The van der Waals surface area contributed by atoms with Crippen LogP contribution in [0.2, 0.25) is 0 Å². The van der Waals surface area contributed by atoms with Crippen molar-refractivity contribution in [2.75, 3.05) is 24.6 Å². The summed E-state index contributed by atoms with van der Waals surface area (Å²) in [7, 11) is 0. The third kappa shape index (κ3) is 3.87. The standard InChI is InChI=1S/C16H26N2O/c1-4-19-16-11-14(12-17-13(2)3)7-8-15(16)18-9-5-6-10-18/h7-8,11,13,17H,4-6,9-10,12H2,1-3H3. The van der Waals surface area contributed by atoms with Crippen molar-refractivity contribution < 1.29 is 4.74 Å². The molecule has 106 valence electrons. The van der Waals surface area contributed by atoms with E-state index in [1.807, 2.05) is 6.92 Å². The first kappa shape index (κ1) is 14.2. The van der Waals surface area contributed by atoms with Gasteiger partial charge in [0.1, 0.15) is 5.75 Å². The van der Waals surface area contributed by atoms with Crippen molar-refractivity contribution in [2.45, 2.75) is 46.2 Å². The topological polar surface area (TPSA) is 24.5 Å². The number of benzene rings is 1. The van der Waals surface area contributed by atoms with Gasteiger partial charge in [0.05, 0.1) is 12.3 Å². The zero-order valence-corrected chi connectivity index (χ0v) is 12.4. The predicted octanol–water partition coefficient (Wildman–Crippen LogP) is 3.18. The minimum absolute atomic E-state index is 0.508. The van der Waals surface area contributed by atoms with E-state index in [4.69, 9.17) is 4.74 Å². The van der Waals surface area contributed by atoms with Crippen LogP contribution >= 0.6 is 0 Å². The van der Waals surface area contributed by atoms with Gasteiger partial charge in [0.25, 0.3) is 0 Å². The van der Waals surface area contributed by atoms with Gasteiger partial charge in [-0.05, 0) is 37.5 Å². The molecule has 1 heterocycles. The van der Waals surface area contributed by atoms with E-state index in [2.05, 4.69) is 42.3 Å². The molecule has 0 unspecified atom stereocenters. The Labute approximate surface area is 116 Å². The molecule has 0 atom stereocenters. The summed E-state index contributed by atoms with van der Waals surface area (Å²) in [5.41, 5.74) is 2.55. The molecule has 1 aliphatic rings. The van der Waals surface area contributed by atoms with Gasteiger partial charge in [-0.25, -0.2) is 0 Å². The fraction of sp³-hybridized carbons (Fsp3) is 0.625. The van der Waals surface area contributed by atoms with Gasteiger partial charge in [0.2, 0.25) is 0 Å². The Bertz CT molecular complexity index is 398. The lowest BCUT2D eigenvalue weighted by molar-refractivity contribution is 0.340. The van der Waals surface area contributed by atoms with Gasteiger partial charge >= 0.3 is 0 Å². The highest BCUT2D eigenvalue weighted by Crippen LogP contribution is 2.32. The maximum Gasteiger partial charge on any atom is 0.142 e. The van der Waals surface area contributed by atoms with Crippen molar-refractivity contribution in [3.63, 3.8) is 0 Å². The summed E-state index contributed by atoms with van der Waals surface area (Å²) in [6.07, 6.45) is 2.59. The summed E-state index contributed by atoms with van der Waals surface area (Å²) in [5.74, 6) is 1.03. The number of rotatable bonds is 6. The lowest BCUT2D eigenvalue weighted by Gasteiger charge is -2.22. The summed E-state index contributed by atoms with van der Waals surface area (Å²) in [6, 6.07) is 7.12. The van der Waals surface area contributed by atoms with E-state index in [1.165, 1.54) is 24.1 Å². The number of hydrogen-bond acceptors (Lipinski definition) is 3. The molecule has 0 radical (unpaired) electrons. The zero-order chi connectivity index (χ0) is 13.7. The number of ether oxygens (including phenoxy) is 1. The molecule has 0 aliphatic carbocycles. The van der Waals surface area contributed by atoms with Gasteiger partial charge in [-0.15, -0.1) is 0 Å². The molecule has 0 aromatic heterocycles. The molecule has 19 heavy (non-hydrogen) atoms. The van der Waals surface area contributed by atoms with Crippen molar-refractivity contribution in [2.24, 2.45) is 0 Å². The first-order chi connectivity index (χ1) is 9.20. The lowest BCUT2D eigenvalue weighted by atomic mass is 10.1. The normalized spacial score (nSPS) is 15.3. The van der Waals surface area contributed by atoms with Crippen LogP contribution in [0, 0.1) is 0 Å². The van der Waals surface area contributed by atoms with E-state index >= 15 is 0 Å². The van der Waals surface area contributed by atoms with Gasteiger partial charge < -0.3 is 15.0 Å². The highest BCUT2D eigenvalue weighted by Gasteiger charge is 2.16. The van der Waals surface area contributed by atoms with E-state index in [-0.39, 0.29) is 0 Å². The molecule has 2 rings (SSSR count). The molecule has 1 aliphatic heterocycles. The van der Waals surface area contributed by atoms with E-state index in [0.29, 0.717) is 6.04 Å². The number of nitrogens with one attached hydrogen (secondary N) is 1. The van der Waals surface area contributed by atoms with Crippen LogP contribution < -0.4 is 15.0 Å². The van der Waals surface area contributed by atoms with Crippen LogP contribution in [0.25, 0.3) is 0 Å². The third-order valence-corrected chi connectivity index (χ3v) is 3.49. The summed E-state index contributed by atoms with van der Waals surface area (Å²) >= 11 is 0. The Morgan fingerprint density at radius 3 is 2.63 bits per heavy atom. The van der Waals surface area contributed by atoms with Crippen LogP contribution in [0.15, 0.2) is 18.2 Å². The first-order valence-electron chi connectivity index (χ1n) is 7.44. The SMILES string of the molecule is CCOc1cc(CNC(C)C)ccc1N1CCCC1. The molecular formula is C16H26N2O. The van der Waals surface area contributed by atoms with Crippen LogP contribution in [0.5, 0.6) is 5.75 Å². The number of hydrogen-bond donors (Lipinski definition) is 1. The molecule has 0 bridgehead atoms. The minimum Gasteiger partial charge on any atom is -0.492 e. The Hall–Kier alpha value is -1.22. The van der Waals surface area contributed by atoms with Gasteiger partial charge in [0.15, 0.2) is 0 Å². The summed E-state index contributed by atoms with van der Waals surface area (Å²) in [6.45, 7) is 10.3. The smallest absolute Gasteiger partial charge is 0.142 e. The molecule has 1 N–H and O–H groups in total. The van der Waals surface area contributed by atoms with Crippen LogP contribution in [0.4, 0.5) is 5.69 Å². The maximum atomic E-state index is 5.83. The molecule has 1 aromatic carbocycles. The average Bonchev–Trinajstić information content (AvgIpc) is 2.91. The fourth-order valence-electron chi connectivity index (χ4n) is 2.48. The second kappa shape index (κ2) is 6.80. The van der Waals surface area contributed by atoms with E-state index in [9.17, 15) is 0 Å². The van der Waals surface area contributed by atoms with Gasteiger partial charge in [-0.2, -0.15) is 0 Å². The minimum atomic E-state index is 0.508. The van der Waals surface area contributed by atoms with Gasteiger partial charge in [0, 0.05) is 25.7 Å². The predicted molar refractivity (Wildman–Crippen MR) is 81.0 cm³/mol. The number of anilines is 1. The Balaban J connectivity index is 2.14.